The number of anilines is 1. The molecule has 4 aromatic rings. The highest BCUT2D eigenvalue weighted by Crippen LogP contribution is 2.24. The summed E-state index contributed by atoms with van der Waals surface area (Å²) in [6.07, 6.45) is 3.32. The van der Waals surface area contributed by atoms with Crippen LogP contribution in [0, 0.1) is 17.0 Å². The Hall–Kier alpha value is -4.17. The lowest BCUT2D eigenvalue weighted by Gasteiger charge is -2.09. The Labute approximate surface area is 200 Å². The summed E-state index contributed by atoms with van der Waals surface area (Å²) in [6, 6.07) is 19.2. The molecule has 0 atom stereocenters. The first kappa shape index (κ1) is 23.0. The number of nitro groups is 1. The molecule has 0 aliphatic carbocycles. The van der Waals surface area contributed by atoms with Gasteiger partial charge < -0.3 is 10.1 Å². The van der Waals surface area contributed by atoms with E-state index in [0.717, 1.165) is 11.1 Å². The number of rotatable bonds is 8. The number of hydrogen-bond acceptors (Lipinski definition) is 5. The zero-order valence-electron chi connectivity index (χ0n) is 18.3. The first-order valence-corrected chi connectivity index (χ1v) is 10.8. The molecule has 1 heterocycles. The fourth-order valence-corrected chi connectivity index (χ4v) is 3.61. The van der Waals surface area contributed by atoms with Gasteiger partial charge in [-0.2, -0.15) is 5.10 Å². The van der Waals surface area contributed by atoms with Gasteiger partial charge in [0.15, 0.2) is 0 Å². The van der Waals surface area contributed by atoms with Crippen LogP contribution >= 0.6 is 11.6 Å². The summed E-state index contributed by atoms with van der Waals surface area (Å²) in [5.41, 5.74) is 3.32. The minimum atomic E-state index is -0.429. The number of carbonyl (C=O) groups excluding carboxylic acids is 1. The second kappa shape index (κ2) is 10.2. The zero-order valence-corrected chi connectivity index (χ0v) is 19.0. The second-order valence-electron chi connectivity index (χ2n) is 7.67. The Morgan fingerprint density at radius 3 is 2.74 bits per heavy atom. The van der Waals surface area contributed by atoms with Crippen LogP contribution in [0.5, 0.6) is 5.75 Å². The summed E-state index contributed by atoms with van der Waals surface area (Å²) < 4.78 is 7.45. The molecule has 4 rings (SSSR count). The lowest BCUT2D eigenvalue weighted by Crippen LogP contribution is -2.12. The second-order valence-corrected chi connectivity index (χ2v) is 8.07. The predicted octanol–water partition coefficient (Wildman–Crippen LogP) is 5.63. The van der Waals surface area contributed by atoms with Crippen molar-refractivity contribution in [1.82, 2.24) is 9.78 Å². The van der Waals surface area contributed by atoms with Crippen molar-refractivity contribution in [1.29, 1.82) is 0 Å². The number of nitrogens with one attached hydrogen (secondary N) is 1. The monoisotopic (exact) mass is 476 g/mol. The van der Waals surface area contributed by atoms with E-state index in [1.807, 2.05) is 30.3 Å². The lowest BCUT2D eigenvalue weighted by atomic mass is 10.1. The summed E-state index contributed by atoms with van der Waals surface area (Å²) in [5.74, 6) is 0.245. The van der Waals surface area contributed by atoms with Crippen LogP contribution in [0.4, 0.5) is 11.4 Å². The highest BCUT2D eigenvalue weighted by Gasteiger charge is 2.12. The van der Waals surface area contributed by atoms with Crippen LogP contribution < -0.4 is 10.1 Å². The maximum Gasteiger partial charge on any atom is 0.272 e. The first-order valence-electron chi connectivity index (χ1n) is 10.4. The van der Waals surface area contributed by atoms with Gasteiger partial charge in [-0.05, 0) is 48.4 Å². The first-order chi connectivity index (χ1) is 16.4. The van der Waals surface area contributed by atoms with Gasteiger partial charge in [0.1, 0.15) is 12.4 Å². The fourth-order valence-electron chi connectivity index (χ4n) is 3.41. The summed E-state index contributed by atoms with van der Waals surface area (Å²) in [7, 11) is 0. The van der Waals surface area contributed by atoms with Gasteiger partial charge in [0.05, 0.1) is 23.4 Å². The maximum atomic E-state index is 12.7. The van der Waals surface area contributed by atoms with E-state index in [9.17, 15) is 14.9 Å². The molecule has 3 aromatic carbocycles. The largest absolute Gasteiger partial charge is 0.489 e. The predicted molar refractivity (Wildman–Crippen MR) is 129 cm³/mol. The minimum Gasteiger partial charge on any atom is -0.489 e. The summed E-state index contributed by atoms with van der Waals surface area (Å²) in [4.78, 5) is 23.3. The number of hydrogen-bond donors (Lipinski definition) is 1. The number of nitro benzene ring substituents is 1. The SMILES string of the molecule is Cc1cc(OCc2cccc(C(=O)Nc3cnn(Cc4ccccc4Cl)c3)c2)ccc1[N+](=O)[O-]. The van der Waals surface area contributed by atoms with Crippen LogP contribution in [-0.4, -0.2) is 20.6 Å². The van der Waals surface area contributed by atoms with E-state index < -0.39 is 4.92 Å². The summed E-state index contributed by atoms with van der Waals surface area (Å²) in [5, 5.41) is 18.7. The van der Waals surface area contributed by atoms with Crippen molar-refractivity contribution in [2.75, 3.05) is 5.32 Å². The molecule has 1 amide bonds. The number of carbonyl (C=O) groups is 1. The molecule has 0 aliphatic heterocycles. The number of halogens is 1. The van der Waals surface area contributed by atoms with Gasteiger partial charge in [0, 0.05) is 28.4 Å². The van der Waals surface area contributed by atoms with Crippen molar-refractivity contribution >= 4 is 28.9 Å². The highest BCUT2D eigenvalue weighted by atomic mass is 35.5. The van der Waals surface area contributed by atoms with Crippen molar-refractivity contribution in [2.24, 2.45) is 0 Å². The highest BCUT2D eigenvalue weighted by molar-refractivity contribution is 6.31. The fraction of sp³-hybridized carbons (Fsp3) is 0.120. The van der Waals surface area contributed by atoms with Crippen LogP contribution in [0.1, 0.15) is 27.0 Å². The average molecular weight is 477 g/mol. The molecule has 0 radical (unpaired) electrons. The standard InChI is InChI=1S/C25H21ClN4O4/c1-17-11-22(9-10-24(17)30(32)33)34-16-18-5-4-7-19(12-18)25(31)28-21-13-27-29(15-21)14-20-6-2-3-8-23(20)26/h2-13,15H,14,16H2,1H3,(H,28,31). The van der Waals surface area contributed by atoms with Crippen LogP contribution in [0.15, 0.2) is 79.1 Å². The van der Waals surface area contributed by atoms with Crippen molar-refractivity contribution in [3.63, 3.8) is 0 Å². The van der Waals surface area contributed by atoms with E-state index >= 15 is 0 Å². The van der Waals surface area contributed by atoms with Crippen LogP contribution in [-0.2, 0) is 13.2 Å². The summed E-state index contributed by atoms with van der Waals surface area (Å²) >= 11 is 6.20. The Morgan fingerprint density at radius 2 is 1.97 bits per heavy atom. The van der Waals surface area contributed by atoms with Gasteiger partial charge in [-0.3, -0.25) is 19.6 Å². The molecule has 0 saturated heterocycles. The molecule has 9 heteroatoms. The molecule has 8 nitrogen and oxygen atoms in total. The average Bonchev–Trinajstić information content (AvgIpc) is 3.26. The number of aromatic nitrogens is 2. The van der Waals surface area contributed by atoms with Gasteiger partial charge in [-0.1, -0.05) is 41.9 Å². The minimum absolute atomic E-state index is 0.0428. The Kier molecular flexibility index (Phi) is 6.89. The van der Waals surface area contributed by atoms with Crippen molar-refractivity contribution in [3.8, 4) is 5.75 Å². The number of amides is 1. The molecule has 172 valence electrons. The number of ether oxygens (including phenoxy) is 1. The molecule has 34 heavy (non-hydrogen) atoms. The maximum absolute atomic E-state index is 12.7. The third-order valence-electron chi connectivity index (χ3n) is 5.14. The normalized spacial score (nSPS) is 10.6. The molecular weight excluding hydrogens is 456 g/mol. The molecule has 0 unspecified atom stereocenters. The summed E-state index contributed by atoms with van der Waals surface area (Å²) in [6.45, 7) is 2.37. The number of benzene rings is 3. The van der Waals surface area contributed by atoms with Gasteiger partial charge in [-0.15, -0.1) is 0 Å². The van der Waals surface area contributed by atoms with Crippen LogP contribution in [0.2, 0.25) is 5.02 Å². The quantitative estimate of drug-likeness (QED) is 0.262. The molecule has 0 fully saturated rings. The van der Waals surface area contributed by atoms with E-state index in [4.69, 9.17) is 16.3 Å². The van der Waals surface area contributed by atoms with E-state index in [2.05, 4.69) is 10.4 Å². The van der Waals surface area contributed by atoms with Crippen molar-refractivity contribution < 1.29 is 14.5 Å². The van der Waals surface area contributed by atoms with E-state index in [0.29, 0.717) is 34.1 Å². The van der Waals surface area contributed by atoms with Gasteiger partial charge in [-0.25, -0.2) is 0 Å². The molecule has 0 bridgehead atoms. The Bertz CT molecular complexity index is 1350. The van der Waals surface area contributed by atoms with Crippen molar-refractivity contribution in [2.45, 2.75) is 20.1 Å². The van der Waals surface area contributed by atoms with Crippen LogP contribution in [0.3, 0.4) is 0 Å². The zero-order chi connectivity index (χ0) is 24.1. The van der Waals surface area contributed by atoms with Gasteiger partial charge >= 0.3 is 0 Å². The Balaban J connectivity index is 1.37. The number of aryl methyl sites for hydroxylation is 1. The molecule has 0 spiro atoms. The smallest absolute Gasteiger partial charge is 0.272 e. The molecule has 0 aliphatic rings. The van der Waals surface area contributed by atoms with E-state index in [1.165, 1.54) is 6.07 Å². The molecule has 0 saturated carbocycles. The number of nitrogens with zero attached hydrogens (tertiary/aromatic N) is 3. The third-order valence-corrected chi connectivity index (χ3v) is 5.51. The van der Waals surface area contributed by atoms with E-state index in [1.54, 1.807) is 54.3 Å². The Morgan fingerprint density at radius 1 is 1.15 bits per heavy atom. The van der Waals surface area contributed by atoms with E-state index in [-0.39, 0.29) is 18.2 Å². The van der Waals surface area contributed by atoms with Crippen LogP contribution in [0.25, 0.3) is 0 Å². The topological polar surface area (TPSA) is 99.3 Å². The van der Waals surface area contributed by atoms with Crippen molar-refractivity contribution in [3.05, 3.63) is 117 Å². The van der Waals surface area contributed by atoms with Gasteiger partial charge in [0.2, 0.25) is 0 Å². The third kappa shape index (κ3) is 5.60. The molecule has 1 aromatic heterocycles. The lowest BCUT2D eigenvalue weighted by molar-refractivity contribution is -0.385. The van der Waals surface area contributed by atoms with Gasteiger partial charge in [0.25, 0.3) is 11.6 Å². The molecular formula is C25H21ClN4O4. The molecule has 1 N–H and O–H groups in total.